The van der Waals surface area contributed by atoms with Crippen molar-refractivity contribution in [2.75, 3.05) is 26.2 Å². The molecule has 372 valence electrons. The molecule has 4 aliphatic heterocycles. The van der Waals surface area contributed by atoms with Gasteiger partial charge >= 0.3 is 0 Å². The van der Waals surface area contributed by atoms with Gasteiger partial charge in [-0.15, -0.1) is 22.7 Å². The van der Waals surface area contributed by atoms with Crippen LogP contribution in [-0.2, 0) is 19.2 Å². The molecule has 0 saturated carbocycles. The molecule has 2 aromatic heterocycles. The molecule has 0 spiro atoms. The molecule has 3 aromatic rings. The van der Waals surface area contributed by atoms with Crippen molar-refractivity contribution in [3.8, 4) is 9.75 Å². The Morgan fingerprint density at radius 1 is 0.333 bits per heavy atom. The Balaban J connectivity index is 1.21. The van der Waals surface area contributed by atoms with Crippen LogP contribution in [0.15, 0.2) is 82.6 Å². The fraction of sp³-hybridized carbons (Fsp3) is 0.559. The van der Waals surface area contributed by atoms with Crippen LogP contribution < -0.4 is 0 Å². The van der Waals surface area contributed by atoms with Crippen LogP contribution in [-0.4, -0.2) is 69.4 Å². The number of thiophene rings is 2. The first-order valence-electron chi connectivity index (χ1n) is 27.2. The fourth-order valence-electron chi connectivity index (χ4n) is 10.7. The molecule has 10 heteroatoms. The van der Waals surface area contributed by atoms with E-state index < -0.39 is 0 Å². The van der Waals surface area contributed by atoms with Crippen LogP contribution in [0.3, 0.4) is 0 Å². The van der Waals surface area contributed by atoms with Crippen molar-refractivity contribution < 1.29 is 19.2 Å². The van der Waals surface area contributed by atoms with Crippen molar-refractivity contribution in [3.05, 3.63) is 97.9 Å². The molecule has 69 heavy (non-hydrogen) atoms. The lowest BCUT2D eigenvalue weighted by molar-refractivity contribution is -0.124. The van der Waals surface area contributed by atoms with Gasteiger partial charge in [-0.25, -0.2) is 0 Å². The number of benzene rings is 1. The number of fused-ring (bicyclic) bond motifs is 2. The van der Waals surface area contributed by atoms with Crippen molar-refractivity contribution >= 4 is 63.4 Å². The zero-order chi connectivity index (χ0) is 48.7. The third kappa shape index (κ3) is 12.0. The van der Waals surface area contributed by atoms with E-state index in [-0.39, 0.29) is 23.6 Å². The normalized spacial score (nSPS) is 16.1. The van der Waals surface area contributed by atoms with Gasteiger partial charge in [-0.05, 0) is 62.4 Å². The molecule has 0 unspecified atom stereocenters. The molecule has 0 bridgehead atoms. The van der Waals surface area contributed by atoms with Gasteiger partial charge in [0.2, 0.25) is 0 Å². The molecule has 0 fully saturated rings. The van der Waals surface area contributed by atoms with Crippen LogP contribution >= 0.6 is 22.7 Å². The third-order valence-electron chi connectivity index (χ3n) is 14.5. The van der Waals surface area contributed by atoms with E-state index in [1.165, 1.54) is 83.5 Å². The predicted molar refractivity (Wildman–Crippen MR) is 288 cm³/mol. The van der Waals surface area contributed by atoms with Crippen molar-refractivity contribution in [3.63, 3.8) is 0 Å². The maximum Gasteiger partial charge on any atom is 0.261 e. The smallest absolute Gasteiger partial charge is 0.261 e. The van der Waals surface area contributed by atoms with Crippen molar-refractivity contribution in [2.24, 2.45) is 0 Å². The molecular weight excluding hydrogens is 893 g/mol. The van der Waals surface area contributed by atoms with E-state index in [9.17, 15) is 19.2 Å². The van der Waals surface area contributed by atoms with Gasteiger partial charge in [-0.1, -0.05) is 186 Å². The molecule has 7 rings (SSSR count). The second-order valence-electron chi connectivity index (χ2n) is 19.7. The molecule has 0 N–H and O–H groups in total. The topological polar surface area (TPSA) is 81.2 Å². The van der Waals surface area contributed by atoms with Crippen LogP contribution in [0.1, 0.15) is 204 Å². The van der Waals surface area contributed by atoms with Crippen molar-refractivity contribution in [2.45, 2.75) is 189 Å². The van der Waals surface area contributed by atoms with Gasteiger partial charge in [-0.2, -0.15) is 0 Å². The number of carbonyl (C=O) groups is 4. The number of hydrogen-bond donors (Lipinski definition) is 0. The molecule has 0 atom stereocenters. The van der Waals surface area contributed by atoms with Crippen LogP contribution in [0.5, 0.6) is 0 Å². The highest BCUT2D eigenvalue weighted by molar-refractivity contribution is 7.23. The van der Waals surface area contributed by atoms with Gasteiger partial charge in [0.05, 0.1) is 49.1 Å². The summed E-state index contributed by atoms with van der Waals surface area (Å²) in [7, 11) is 0. The summed E-state index contributed by atoms with van der Waals surface area (Å²) < 4.78 is 0. The van der Waals surface area contributed by atoms with Gasteiger partial charge in [0.15, 0.2) is 0 Å². The van der Waals surface area contributed by atoms with E-state index in [0.717, 1.165) is 118 Å². The number of unbranched alkanes of at least 4 members (excludes halogenated alkanes) is 20. The van der Waals surface area contributed by atoms with Gasteiger partial charge in [0.25, 0.3) is 23.6 Å². The number of hydrogen-bond acceptors (Lipinski definition) is 6. The molecule has 4 amide bonds. The van der Waals surface area contributed by atoms with Crippen LogP contribution in [0.4, 0.5) is 0 Å². The highest BCUT2D eigenvalue weighted by Crippen LogP contribution is 2.50. The van der Waals surface area contributed by atoms with E-state index in [1.807, 2.05) is 56.9 Å². The maximum atomic E-state index is 14.9. The Bertz CT molecular complexity index is 2380. The average molecular weight is 973 g/mol. The zero-order valence-corrected chi connectivity index (χ0v) is 44.4. The van der Waals surface area contributed by atoms with E-state index in [0.29, 0.717) is 48.5 Å². The minimum absolute atomic E-state index is 0.0477. The summed E-state index contributed by atoms with van der Waals surface area (Å²) in [6, 6.07) is 18.4. The molecule has 1 aromatic carbocycles. The Kier molecular flexibility index (Phi) is 19.8. The Morgan fingerprint density at radius 3 is 1.06 bits per heavy atom. The SMILES string of the molecule is CCCCCCCCN1C(=O)C2=C(c3ccc(-c4ccc(C5=C6C(=O)N(CCCCCCCC)C(c7ccccc7)=C6C(=O)N5CCCCCCCC)s4)s3)N(CCCCCCCC)C(=O)C2=C1C. The Hall–Kier alpha value is -4.54. The average Bonchev–Trinajstić information content (AvgIpc) is 4.21. The van der Waals surface area contributed by atoms with E-state index in [4.69, 9.17) is 0 Å². The third-order valence-corrected chi connectivity index (χ3v) is 16.9. The lowest BCUT2D eigenvalue weighted by Gasteiger charge is -2.25. The largest absolute Gasteiger partial charge is 0.312 e. The minimum Gasteiger partial charge on any atom is -0.312 e. The molecular formula is C59H80N4O4S2. The van der Waals surface area contributed by atoms with Crippen LogP contribution in [0.25, 0.3) is 26.8 Å². The molecule has 4 aliphatic rings. The summed E-state index contributed by atoms with van der Waals surface area (Å²) in [5.41, 5.74) is 6.17. The number of rotatable bonds is 32. The highest BCUT2D eigenvalue weighted by atomic mass is 32.1. The van der Waals surface area contributed by atoms with Gasteiger partial charge < -0.3 is 19.6 Å². The standard InChI is InChI=1S/C59H80N4O4S2/c1-6-10-14-18-22-29-39-60-43(5)49-50(57(60)65)54(62(56(49)64)41-31-24-20-16-12-8-3)47-37-35-45(68-47)46-36-38-48(69-46)55-52-51(58(66)63(55)42-32-25-21-17-13-9-4)53(44-33-27-26-28-34-44)61(59(52)67)40-30-23-19-15-11-7-2/h26-28,33-38H,6-25,29-32,39-42H2,1-5H3. The summed E-state index contributed by atoms with van der Waals surface area (Å²) in [6.07, 6.45) is 26.9. The van der Waals surface area contributed by atoms with E-state index >= 15 is 0 Å². The molecule has 0 saturated heterocycles. The zero-order valence-electron chi connectivity index (χ0n) is 42.7. The monoisotopic (exact) mass is 973 g/mol. The first-order valence-corrected chi connectivity index (χ1v) is 28.9. The Labute approximate surface area is 422 Å². The number of nitrogens with zero attached hydrogens (tertiary/aromatic N) is 4. The molecule has 6 heterocycles. The molecule has 8 nitrogen and oxygen atoms in total. The van der Waals surface area contributed by atoms with Crippen molar-refractivity contribution in [1.82, 2.24) is 19.6 Å². The summed E-state index contributed by atoms with van der Waals surface area (Å²) in [4.78, 5) is 70.3. The second kappa shape index (κ2) is 26.1. The highest BCUT2D eigenvalue weighted by Gasteiger charge is 2.50. The summed E-state index contributed by atoms with van der Waals surface area (Å²) >= 11 is 3.24. The Morgan fingerprint density at radius 2 is 0.638 bits per heavy atom. The first-order chi connectivity index (χ1) is 33.8. The van der Waals surface area contributed by atoms with Gasteiger partial charge in [0, 0.05) is 41.6 Å². The first kappa shape index (κ1) is 52.3. The minimum atomic E-state index is -0.0738. The van der Waals surface area contributed by atoms with Crippen LogP contribution in [0.2, 0.25) is 0 Å². The fourth-order valence-corrected chi connectivity index (χ4v) is 12.9. The van der Waals surface area contributed by atoms with Gasteiger partial charge in [-0.3, -0.25) is 19.2 Å². The van der Waals surface area contributed by atoms with Gasteiger partial charge in [0.1, 0.15) is 0 Å². The summed E-state index contributed by atoms with van der Waals surface area (Å²) in [5.74, 6) is -0.243. The number of amides is 4. The number of allylic oxidation sites excluding steroid dienone is 1. The lowest BCUT2D eigenvalue weighted by Crippen LogP contribution is -2.31. The van der Waals surface area contributed by atoms with E-state index in [2.05, 4.69) is 52.0 Å². The number of carbonyl (C=O) groups excluding carboxylic acids is 4. The quantitative estimate of drug-likeness (QED) is 0.0584. The van der Waals surface area contributed by atoms with Crippen molar-refractivity contribution in [1.29, 1.82) is 0 Å². The second-order valence-corrected chi connectivity index (χ2v) is 21.9. The maximum absolute atomic E-state index is 14.9. The lowest BCUT2D eigenvalue weighted by atomic mass is 10.0. The summed E-state index contributed by atoms with van der Waals surface area (Å²) in [5, 5.41) is 0. The summed E-state index contributed by atoms with van der Waals surface area (Å²) in [6.45, 7) is 13.2. The van der Waals surface area contributed by atoms with E-state index in [1.54, 1.807) is 22.7 Å². The van der Waals surface area contributed by atoms with Crippen LogP contribution in [0, 0.1) is 0 Å². The molecule has 0 radical (unpaired) electrons. The molecule has 0 aliphatic carbocycles. The predicted octanol–water partition coefficient (Wildman–Crippen LogP) is 15.4.